The van der Waals surface area contributed by atoms with Crippen LogP contribution in [0.15, 0.2) is 0 Å². The van der Waals surface area contributed by atoms with Gasteiger partial charge in [-0.2, -0.15) is 0 Å². The molecule has 2 nitrogen and oxygen atoms in total. The molecule has 0 aliphatic heterocycles. The van der Waals surface area contributed by atoms with Crippen LogP contribution in [0, 0.1) is 11.8 Å². The van der Waals surface area contributed by atoms with Gasteiger partial charge in [-0.25, -0.2) is 0 Å². The molecule has 2 N–H and O–H groups in total. The van der Waals surface area contributed by atoms with Crippen LogP contribution in [-0.2, 0) is 0 Å². The molecule has 2 unspecified atom stereocenters. The summed E-state index contributed by atoms with van der Waals surface area (Å²) in [6, 6.07) is 0. The molecule has 2 atom stereocenters. The van der Waals surface area contributed by atoms with Crippen molar-refractivity contribution >= 4 is 0 Å². The largest absolute Gasteiger partial charge is 0.329 e. The van der Waals surface area contributed by atoms with Gasteiger partial charge in [-0.05, 0) is 44.6 Å². The van der Waals surface area contributed by atoms with Gasteiger partial charge < -0.3 is 5.73 Å². The van der Waals surface area contributed by atoms with Gasteiger partial charge in [0.2, 0.25) is 0 Å². The van der Waals surface area contributed by atoms with Gasteiger partial charge in [-0.1, -0.05) is 19.8 Å². The average Bonchev–Trinajstić information content (AvgIpc) is 3.01. The van der Waals surface area contributed by atoms with Crippen molar-refractivity contribution in [3.63, 3.8) is 0 Å². The number of hydrogen-bond donors (Lipinski definition) is 1. The lowest BCUT2D eigenvalue weighted by atomic mass is 9.75. The summed E-state index contributed by atoms with van der Waals surface area (Å²) in [5.74, 6) is 1.85. The molecular formula is C13H26N2. The van der Waals surface area contributed by atoms with Crippen LogP contribution in [0.2, 0.25) is 0 Å². The van der Waals surface area contributed by atoms with E-state index in [4.69, 9.17) is 5.73 Å². The predicted molar refractivity (Wildman–Crippen MR) is 64.8 cm³/mol. The number of likely N-dealkylation sites (N-methyl/N-ethyl adjacent to an activating group) is 1. The Balaban J connectivity index is 1.97. The summed E-state index contributed by atoms with van der Waals surface area (Å²) in [7, 11) is 2.29. The fourth-order valence-corrected chi connectivity index (χ4v) is 3.20. The van der Waals surface area contributed by atoms with Crippen LogP contribution < -0.4 is 5.73 Å². The molecule has 0 bridgehead atoms. The normalized spacial score (nSPS) is 37.2. The Hall–Kier alpha value is -0.0800. The molecule has 15 heavy (non-hydrogen) atoms. The highest BCUT2D eigenvalue weighted by Crippen LogP contribution is 2.38. The fraction of sp³-hybridized carbons (Fsp3) is 1.00. The lowest BCUT2D eigenvalue weighted by molar-refractivity contribution is 0.0579. The zero-order valence-electron chi connectivity index (χ0n) is 10.3. The molecule has 0 amide bonds. The fourth-order valence-electron chi connectivity index (χ4n) is 3.20. The maximum Gasteiger partial charge on any atom is 0.0331 e. The van der Waals surface area contributed by atoms with E-state index >= 15 is 0 Å². The van der Waals surface area contributed by atoms with E-state index in [0.29, 0.717) is 5.54 Å². The monoisotopic (exact) mass is 210 g/mol. The first-order chi connectivity index (χ1) is 7.16. The van der Waals surface area contributed by atoms with Crippen LogP contribution in [0.25, 0.3) is 0 Å². The van der Waals surface area contributed by atoms with Crippen molar-refractivity contribution in [3.05, 3.63) is 0 Å². The Bertz CT molecular complexity index is 213. The van der Waals surface area contributed by atoms with Crippen LogP contribution in [0.4, 0.5) is 0 Å². The standard InChI is InChI=1S/C13H26N2/c1-11-4-3-7-13(8-11,10-14)15(2)9-12-5-6-12/h11-12H,3-10,14H2,1-2H3. The molecule has 0 heterocycles. The second-order valence-electron chi connectivity index (χ2n) is 5.95. The Morgan fingerprint density at radius 3 is 2.60 bits per heavy atom. The zero-order chi connectivity index (χ0) is 10.9. The molecule has 2 fully saturated rings. The first kappa shape index (κ1) is 11.4. The SMILES string of the molecule is CC1CCCC(CN)(N(C)CC2CC2)C1. The summed E-state index contributed by atoms with van der Waals surface area (Å²) in [6.07, 6.45) is 8.29. The van der Waals surface area contributed by atoms with E-state index in [0.717, 1.165) is 18.4 Å². The van der Waals surface area contributed by atoms with Crippen molar-refractivity contribution in [1.82, 2.24) is 4.90 Å². The lowest BCUT2D eigenvalue weighted by Crippen LogP contribution is -2.55. The van der Waals surface area contributed by atoms with Gasteiger partial charge in [0.15, 0.2) is 0 Å². The highest BCUT2D eigenvalue weighted by Gasteiger charge is 2.39. The topological polar surface area (TPSA) is 29.3 Å². The molecule has 0 aromatic rings. The van der Waals surface area contributed by atoms with Crippen LogP contribution in [0.5, 0.6) is 0 Å². The third-order valence-electron chi connectivity index (χ3n) is 4.49. The Morgan fingerprint density at radius 1 is 1.33 bits per heavy atom. The molecule has 2 saturated carbocycles. The second-order valence-corrected chi connectivity index (χ2v) is 5.95. The number of rotatable bonds is 4. The smallest absolute Gasteiger partial charge is 0.0331 e. The maximum atomic E-state index is 6.06. The van der Waals surface area contributed by atoms with Gasteiger partial charge in [-0.15, -0.1) is 0 Å². The lowest BCUT2D eigenvalue weighted by Gasteiger charge is -2.46. The maximum absolute atomic E-state index is 6.06. The summed E-state index contributed by atoms with van der Waals surface area (Å²) in [6.45, 7) is 4.51. The number of nitrogens with zero attached hydrogens (tertiary/aromatic N) is 1. The minimum absolute atomic E-state index is 0.334. The van der Waals surface area contributed by atoms with Crippen LogP contribution in [0.1, 0.15) is 45.4 Å². The second kappa shape index (κ2) is 4.42. The number of nitrogens with two attached hydrogens (primary N) is 1. The van der Waals surface area contributed by atoms with Crippen molar-refractivity contribution in [1.29, 1.82) is 0 Å². The molecule has 2 heteroatoms. The van der Waals surface area contributed by atoms with E-state index in [1.54, 1.807) is 0 Å². The summed E-state index contributed by atoms with van der Waals surface area (Å²) in [5, 5.41) is 0. The van der Waals surface area contributed by atoms with E-state index in [9.17, 15) is 0 Å². The molecule has 88 valence electrons. The van der Waals surface area contributed by atoms with Gasteiger partial charge in [0.1, 0.15) is 0 Å². The Morgan fingerprint density at radius 2 is 2.07 bits per heavy atom. The molecular weight excluding hydrogens is 184 g/mol. The number of hydrogen-bond acceptors (Lipinski definition) is 2. The van der Waals surface area contributed by atoms with Crippen LogP contribution in [0.3, 0.4) is 0 Å². The quantitative estimate of drug-likeness (QED) is 0.771. The summed E-state index contributed by atoms with van der Waals surface area (Å²) in [4.78, 5) is 2.58. The average molecular weight is 210 g/mol. The highest BCUT2D eigenvalue weighted by molar-refractivity contribution is 4.96. The zero-order valence-corrected chi connectivity index (χ0v) is 10.3. The molecule has 2 aliphatic carbocycles. The van der Waals surface area contributed by atoms with Crippen molar-refractivity contribution in [2.24, 2.45) is 17.6 Å². The van der Waals surface area contributed by atoms with Crippen LogP contribution in [-0.4, -0.2) is 30.6 Å². The van der Waals surface area contributed by atoms with Gasteiger partial charge in [0.25, 0.3) is 0 Å². The summed E-state index contributed by atoms with van der Waals surface area (Å²) < 4.78 is 0. The molecule has 0 saturated heterocycles. The van der Waals surface area contributed by atoms with Gasteiger partial charge >= 0.3 is 0 Å². The predicted octanol–water partition coefficient (Wildman–Crippen LogP) is 2.24. The minimum Gasteiger partial charge on any atom is -0.329 e. The Kier molecular flexibility index (Phi) is 3.36. The summed E-state index contributed by atoms with van der Waals surface area (Å²) in [5.41, 5.74) is 6.39. The van der Waals surface area contributed by atoms with Crippen molar-refractivity contribution in [2.45, 2.75) is 51.0 Å². The van der Waals surface area contributed by atoms with Gasteiger partial charge in [-0.3, -0.25) is 4.90 Å². The van der Waals surface area contributed by atoms with E-state index in [1.807, 2.05) is 0 Å². The molecule has 2 aliphatic rings. The molecule has 0 radical (unpaired) electrons. The highest BCUT2D eigenvalue weighted by atomic mass is 15.2. The Labute approximate surface area is 94.2 Å². The van der Waals surface area contributed by atoms with Crippen LogP contribution >= 0.6 is 0 Å². The minimum atomic E-state index is 0.334. The molecule has 0 spiro atoms. The van der Waals surface area contributed by atoms with E-state index in [1.165, 1.54) is 45.1 Å². The third-order valence-corrected chi connectivity index (χ3v) is 4.49. The van der Waals surface area contributed by atoms with Gasteiger partial charge in [0, 0.05) is 18.6 Å². The van der Waals surface area contributed by atoms with Crippen molar-refractivity contribution in [3.8, 4) is 0 Å². The van der Waals surface area contributed by atoms with E-state index in [2.05, 4.69) is 18.9 Å². The van der Waals surface area contributed by atoms with Gasteiger partial charge in [0.05, 0.1) is 0 Å². The van der Waals surface area contributed by atoms with E-state index < -0.39 is 0 Å². The first-order valence-electron chi connectivity index (χ1n) is 6.57. The molecule has 2 rings (SSSR count). The molecule has 0 aromatic heterocycles. The van der Waals surface area contributed by atoms with Crippen molar-refractivity contribution in [2.75, 3.05) is 20.1 Å². The first-order valence-corrected chi connectivity index (χ1v) is 6.57. The van der Waals surface area contributed by atoms with E-state index in [-0.39, 0.29) is 0 Å². The van der Waals surface area contributed by atoms with Crippen molar-refractivity contribution < 1.29 is 0 Å². The summed E-state index contributed by atoms with van der Waals surface area (Å²) >= 11 is 0. The third kappa shape index (κ3) is 2.54. The molecule has 0 aromatic carbocycles.